The first-order valence-electron chi connectivity index (χ1n) is 5.93. The Bertz CT molecular complexity index is 816. The van der Waals surface area contributed by atoms with Crippen LogP contribution in [0.1, 0.15) is 11.4 Å². The highest BCUT2D eigenvalue weighted by Gasteiger charge is 2.14. The van der Waals surface area contributed by atoms with Crippen molar-refractivity contribution >= 4 is 33.8 Å². The zero-order valence-electron chi connectivity index (χ0n) is 10.7. The molecule has 0 amide bonds. The fourth-order valence-corrected chi connectivity index (χ4v) is 3.84. The van der Waals surface area contributed by atoms with Crippen molar-refractivity contribution in [3.05, 3.63) is 46.4 Å². The maximum absolute atomic E-state index is 5.92. The molecule has 5 heteroatoms. The highest BCUT2D eigenvalue weighted by molar-refractivity contribution is 7.71. The van der Waals surface area contributed by atoms with E-state index in [0.29, 0.717) is 4.64 Å². The summed E-state index contributed by atoms with van der Waals surface area (Å²) in [6.45, 7) is 3.94. The third-order valence-electron chi connectivity index (χ3n) is 3.21. The molecule has 0 saturated heterocycles. The molecule has 3 rings (SSSR count). The first kappa shape index (κ1) is 12.3. The average Bonchev–Trinajstić information content (AvgIpc) is 2.74. The van der Waals surface area contributed by atoms with E-state index in [1.807, 2.05) is 25.1 Å². The maximum atomic E-state index is 5.92. The van der Waals surface area contributed by atoms with E-state index in [1.54, 1.807) is 11.3 Å². The lowest BCUT2D eigenvalue weighted by Gasteiger charge is -2.04. The van der Waals surface area contributed by atoms with Crippen molar-refractivity contribution in [1.29, 1.82) is 0 Å². The number of benzene rings is 1. The third-order valence-corrected chi connectivity index (χ3v) is 4.84. The van der Waals surface area contributed by atoms with Gasteiger partial charge in [-0.05, 0) is 25.0 Å². The first-order chi connectivity index (χ1) is 9.09. The summed E-state index contributed by atoms with van der Waals surface area (Å²) in [6, 6.07) is 10.3. The predicted octanol–water partition coefficient (Wildman–Crippen LogP) is 3.82. The summed E-state index contributed by atoms with van der Waals surface area (Å²) in [5, 5.41) is 0.993. The van der Waals surface area contributed by atoms with Gasteiger partial charge in [-0.3, -0.25) is 0 Å². The lowest BCUT2D eigenvalue weighted by atomic mass is 10.1. The van der Waals surface area contributed by atoms with Gasteiger partial charge >= 0.3 is 0 Å². The van der Waals surface area contributed by atoms with Crippen LogP contribution in [0.15, 0.2) is 30.3 Å². The number of hydrogen-bond acceptors (Lipinski definition) is 4. The van der Waals surface area contributed by atoms with E-state index in [9.17, 15) is 0 Å². The van der Waals surface area contributed by atoms with Crippen molar-refractivity contribution in [3.63, 3.8) is 0 Å². The minimum absolute atomic E-state index is 0.651. The van der Waals surface area contributed by atoms with Crippen LogP contribution in [0.25, 0.3) is 20.7 Å². The first-order valence-corrected chi connectivity index (χ1v) is 7.15. The molecule has 0 unspecified atom stereocenters. The molecule has 0 aliphatic heterocycles. The van der Waals surface area contributed by atoms with Crippen LogP contribution in [-0.4, -0.2) is 9.66 Å². The number of thiophene rings is 1. The third kappa shape index (κ3) is 1.86. The number of nitrogen functional groups attached to an aromatic ring is 1. The number of aromatic nitrogens is 2. The molecular formula is C14H13N3S2. The molecule has 0 atom stereocenters. The van der Waals surface area contributed by atoms with Crippen molar-refractivity contribution in [2.24, 2.45) is 0 Å². The van der Waals surface area contributed by atoms with Crippen LogP contribution in [0, 0.1) is 18.5 Å². The Morgan fingerprint density at radius 3 is 2.58 bits per heavy atom. The van der Waals surface area contributed by atoms with Gasteiger partial charge in [-0.2, -0.15) is 0 Å². The van der Waals surface area contributed by atoms with Crippen molar-refractivity contribution in [2.45, 2.75) is 13.8 Å². The Labute approximate surface area is 120 Å². The Morgan fingerprint density at radius 2 is 1.89 bits per heavy atom. The summed E-state index contributed by atoms with van der Waals surface area (Å²) in [4.78, 5) is 6.70. The van der Waals surface area contributed by atoms with E-state index in [0.717, 1.165) is 21.6 Å². The summed E-state index contributed by atoms with van der Waals surface area (Å²) in [5.74, 6) is 6.65. The topological polar surface area (TPSA) is 43.8 Å². The highest BCUT2D eigenvalue weighted by Crippen LogP contribution is 2.37. The van der Waals surface area contributed by atoms with Gasteiger partial charge in [-0.25, -0.2) is 9.66 Å². The van der Waals surface area contributed by atoms with Gasteiger partial charge in [-0.1, -0.05) is 42.5 Å². The van der Waals surface area contributed by atoms with Crippen molar-refractivity contribution < 1.29 is 0 Å². The molecule has 0 spiro atoms. The van der Waals surface area contributed by atoms with E-state index in [1.165, 1.54) is 15.1 Å². The van der Waals surface area contributed by atoms with Gasteiger partial charge < -0.3 is 5.84 Å². The number of aryl methyl sites for hydroxylation is 2. The minimum Gasteiger partial charge on any atom is -0.337 e. The van der Waals surface area contributed by atoms with Crippen LogP contribution in [0.2, 0.25) is 0 Å². The van der Waals surface area contributed by atoms with E-state index < -0.39 is 0 Å². The number of nitrogens with zero attached hydrogens (tertiary/aromatic N) is 2. The smallest absolute Gasteiger partial charge is 0.137 e. The van der Waals surface area contributed by atoms with Crippen LogP contribution in [0.5, 0.6) is 0 Å². The molecule has 19 heavy (non-hydrogen) atoms. The summed E-state index contributed by atoms with van der Waals surface area (Å²) in [5.41, 5.74) is 2.35. The number of rotatable bonds is 1. The summed E-state index contributed by atoms with van der Waals surface area (Å²) < 4.78 is 2.13. The SMILES string of the molecule is Cc1c(-c2ccccc2)sc2nc(C)n(N)c(=S)c12. The molecule has 0 radical (unpaired) electrons. The van der Waals surface area contributed by atoms with E-state index in [2.05, 4.69) is 24.0 Å². The molecule has 2 N–H and O–H groups in total. The monoisotopic (exact) mass is 287 g/mol. The van der Waals surface area contributed by atoms with E-state index in [4.69, 9.17) is 18.1 Å². The van der Waals surface area contributed by atoms with Crippen LogP contribution >= 0.6 is 23.6 Å². The summed E-state index contributed by atoms with van der Waals surface area (Å²) >= 11 is 7.11. The van der Waals surface area contributed by atoms with Crippen LogP contribution in [0.4, 0.5) is 0 Å². The maximum Gasteiger partial charge on any atom is 0.137 e. The molecule has 0 bridgehead atoms. The quantitative estimate of drug-likeness (QED) is 0.546. The largest absolute Gasteiger partial charge is 0.337 e. The average molecular weight is 287 g/mol. The normalized spacial score (nSPS) is 11.1. The second kappa shape index (κ2) is 4.43. The predicted molar refractivity (Wildman–Crippen MR) is 83.5 cm³/mol. The standard InChI is InChI=1S/C14H13N3S2/c1-8-11-13(16-9(2)17(15)14(11)18)19-12(8)10-6-4-3-5-7-10/h3-7H,15H2,1-2H3. The second-order valence-electron chi connectivity index (χ2n) is 4.44. The van der Waals surface area contributed by atoms with Gasteiger partial charge in [0.1, 0.15) is 15.3 Å². The van der Waals surface area contributed by atoms with Gasteiger partial charge in [-0.15, -0.1) is 11.3 Å². The fourth-order valence-electron chi connectivity index (χ4n) is 2.16. The van der Waals surface area contributed by atoms with Gasteiger partial charge in [0, 0.05) is 4.88 Å². The van der Waals surface area contributed by atoms with Crippen LogP contribution in [-0.2, 0) is 0 Å². The number of nitrogens with two attached hydrogens (primary N) is 1. The molecular weight excluding hydrogens is 274 g/mol. The Morgan fingerprint density at radius 1 is 1.21 bits per heavy atom. The molecule has 2 heterocycles. The number of fused-ring (bicyclic) bond motifs is 1. The molecule has 0 aliphatic rings. The minimum atomic E-state index is 0.651. The zero-order valence-corrected chi connectivity index (χ0v) is 12.3. The van der Waals surface area contributed by atoms with Crippen molar-refractivity contribution in [1.82, 2.24) is 9.66 Å². The molecule has 0 saturated carbocycles. The second-order valence-corrected chi connectivity index (χ2v) is 5.82. The fraction of sp³-hybridized carbons (Fsp3) is 0.143. The Hall–Kier alpha value is -1.72. The lowest BCUT2D eigenvalue weighted by molar-refractivity contribution is 0.875. The van der Waals surface area contributed by atoms with E-state index >= 15 is 0 Å². The zero-order chi connectivity index (χ0) is 13.6. The van der Waals surface area contributed by atoms with E-state index in [-0.39, 0.29) is 0 Å². The number of hydrogen-bond donors (Lipinski definition) is 1. The van der Waals surface area contributed by atoms with Crippen LogP contribution < -0.4 is 5.84 Å². The van der Waals surface area contributed by atoms with Gasteiger partial charge in [0.15, 0.2) is 0 Å². The highest BCUT2D eigenvalue weighted by atomic mass is 32.1. The molecule has 3 nitrogen and oxygen atoms in total. The summed E-state index contributed by atoms with van der Waals surface area (Å²) in [6.07, 6.45) is 0. The Balaban J connectivity index is 2.39. The van der Waals surface area contributed by atoms with Crippen molar-refractivity contribution in [2.75, 3.05) is 5.84 Å². The lowest BCUT2D eigenvalue weighted by Crippen LogP contribution is -2.15. The van der Waals surface area contributed by atoms with Crippen LogP contribution in [0.3, 0.4) is 0 Å². The van der Waals surface area contributed by atoms with Gasteiger partial charge in [0.25, 0.3) is 0 Å². The van der Waals surface area contributed by atoms with Gasteiger partial charge in [0.05, 0.1) is 5.39 Å². The molecule has 0 aliphatic carbocycles. The molecule has 0 fully saturated rings. The Kier molecular flexibility index (Phi) is 2.88. The van der Waals surface area contributed by atoms with Gasteiger partial charge in [0.2, 0.25) is 0 Å². The summed E-state index contributed by atoms with van der Waals surface area (Å²) in [7, 11) is 0. The molecule has 1 aromatic carbocycles. The van der Waals surface area contributed by atoms with Crippen molar-refractivity contribution in [3.8, 4) is 10.4 Å². The molecule has 2 aromatic heterocycles. The molecule has 96 valence electrons. The molecule has 3 aromatic rings.